The number of nitrogens with zero attached hydrogens (tertiary/aromatic N) is 8. The van der Waals surface area contributed by atoms with Crippen molar-refractivity contribution in [1.82, 2.24) is 9.78 Å². The van der Waals surface area contributed by atoms with E-state index in [1.165, 1.54) is 6.20 Å². The molecule has 0 aliphatic carbocycles. The maximum absolute atomic E-state index is 8.77. The zero-order chi connectivity index (χ0) is 15.1. The molecule has 1 aromatic carbocycles. The maximum atomic E-state index is 8.77. The lowest BCUT2D eigenvalue weighted by atomic mass is 10.1. The monoisotopic (exact) mass is 281 g/mol. The summed E-state index contributed by atoms with van der Waals surface area (Å²) in [4.78, 5) is 2.73. The number of nitriles is 1. The Morgan fingerprint density at radius 1 is 1.38 bits per heavy atom. The molecule has 0 saturated carbocycles. The molecule has 1 heterocycles. The highest BCUT2D eigenvalue weighted by Crippen LogP contribution is 2.21. The van der Waals surface area contributed by atoms with Crippen molar-refractivity contribution >= 4 is 5.69 Å². The molecule has 9 heteroatoms. The lowest BCUT2D eigenvalue weighted by Crippen LogP contribution is -2.05. The van der Waals surface area contributed by atoms with Crippen LogP contribution in [0.4, 0.5) is 5.69 Å². The molecule has 0 radical (unpaired) electrons. The van der Waals surface area contributed by atoms with E-state index in [0.717, 1.165) is 5.56 Å². The number of benzene rings is 1. The van der Waals surface area contributed by atoms with Gasteiger partial charge in [0.05, 0.1) is 36.6 Å². The Hall–Kier alpha value is -3.37. The first-order chi connectivity index (χ1) is 10.3. The largest absolute Gasteiger partial charge is 0.305 e. The lowest BCUT2D eigenvalue weighted by molar-refractivity contribution is 0.645. The molecule has 0 amide bonds. The van der Waals surface area contributed by atoms with E-state index in [1.807, 2.05) is 12.1 Å². The SMILES string of the molecule is N#Cc1ccc(Cn2ncc(N=NN)c2CN=[N+]=[N-])cc1. The number of aromatic nitrogens is 2. The average molecular weight is 281 g/mol. The fraction of sp³-hybridized carbons (Fsp3) is 0.167. The molecule has 0 spiro atoms. The molecule has 0 fully saturated rings. The van der Waals surface area contributed by atoms with Gasteiger partial charge in [-0.1, -0.05) is 22.5 Å². The van der Waals surface area contributed by atoms with E-state index in [4.69, 9.17) is 16.6 Å². The van der Waals surface area contributed by atoms with E-state index in [-0.39, 0.29) is 6.54 Å². The van der Waals surface area contributed by atoms with Crippen molar-refractivity contribution in [3.63, 3.8) is 0 Å². The van der Waals surface area contributed by atoms with Gasteiger partial charge in [0.1, 0.15) is 5.69 Å². The summed E-state index contributed by atoms with van der Waals surface area (Å²) in [5.74, 6) is 5.04. The van der Waals surface area contributed by atoms with Crippen molar-refractivity contribution in [3.05, 3.63) is 57.7 Å². The quantitative estimate of drug-likeness (QED) is 0.296. The van der Waals surface area contributed by atoms with Crippen molar-refractivity contribution in [1.29, 1.82) is 5.26 Å². The fourth-order valence-corrected chi connectivity index (χ4v) is 1.80. The summed E-state index contributed by atoms with van der Waals surface area (Å²) in [6.07, 6.45) is 1.50. The molecule has 1 aromatic heterocycles. The van der Waals surface area contributed by atoms with Crippen LogP contribution in [0.5, 0.6) is 0 Å². The lowest BCUT2D eigenvalue weighted by Gasteiger charge is -2.06. The Morgan fingerprint density at radius 3 is 2.76 bits per heavy atom. The number of azide groups is 1. The van der Waals surface area contributed by atoms with Crippen LogP contribution in [0.2, 0.25) is 0 Å². The van der Waals surface area contributed by atoms with Gasteiger partial charge in [-0.25, -0.2) is 0 Å². The predicted octanol–water partition coefficient (Wildman–Crippen LogP) is 2.57. The van der Waals surface area contributed by atoms with E-state index in [2.05, 4.69) is 31.5 Å². The molecule has 2 N–H and O–H groups in total. The van der Waals surface area contributed by atoms with E-state index >= 15 is 0 Å². The third-order valence-corrected chi connectivity index (χ3v) is 2.79. The smallest absolute Gasteiger partial charge is 0.129 e. The molecule has 0 unspecified atom stereocenters. The van der Waals surface area contributed by atoms with Crippen LogP contribution in [0.1, 0.15) is 16.8 Å². The molecule has 21 heavy (non-hydrogen) atoms. The van der Waals surface area contributed by atoms with Gasteiger partial charge in [-0.15, -0.1) is 5.11 Å². The van der Waals surface area contributed by atoms with Crippen LogP contribution in [-0.4, -0.2) is 9.78 Å². The predicted molar refractivity (Wildman–Crippen MR) is 74.0 cm³/mol. The molecule has 104 valence electrons. The normalized spacial score (nSPS) is 10.2. The highest BCUT2D eigenvalue weighted by Gasteiger charge is 2.10. The third kappa shape index (κ3) is 3.34. The first kappa shape index (κ1) is 14.0. The van der Waals surface area contributed by atoms with Crippen molar-refractivity contribution in [3.8, 4) is 6.07 Å². The Kier molecular flexibility index (Phi) is 4.48. The van der Waals surface area contributed by atoms with Crippen LogP contribution in [0.15, 0.2) is 45.9 Å². The molecule has 0 saturated heterocycles. The van der Waals surface area contributed by atoms with Crippen molar-refractivity contribution in [2.45, 2.75) is 13.1 Å². The standard InChI is InChI=1S/C12H11N9/c13-5-9-1-3-10(4-2-9)8-21-12(7-16-19-14)11(6-17-21)18-20-15/h1-4,6H,7-8H2,(H2,15,18). The second-order valence-corrected chi connectivity index (χ2v) is 4.05. The summed E-state index contributed by atoms with van der Waals surface area (Å²) < 4.78 is 1.65. The first-order valence-electron chi connectivity index (χ1n) is 5.94. The zero-order valence-electron chi connectivity index (χ0n) is 11.0. The molecule has 2 rings (SSSR count). The number of hydrogen-bond donors (Lipinski definition) is 1. The summed E-state index contributed by atoms with van der Waals surface area (Å²) in [6, 6.07) is 9.19. The summed E-state index contributed by atoms with van der Waals surface area (Å²) in [6.45, 7) is 0.559. The van der Waals surface area contributed by atoms with Gasteiger partial charge in [-0.05, 0) is 23.2 Å². The van der Waals surface area contributed by atoms with Gasteiger partial charge in [-0.3, -0.25) is 4.68 Å². The molecule has 0 aliphatic rings. The number of rotatable bonds is 5. The summed E-state index contributed by atoms with van der Waals surface area (Å²) in [5, 5.41) is 23.4. The Morgan fingerprint density at radius 2 is 2.14 bits per heavy atom. The maximum Gasteiger partial charge on any atom is 0.129 e. The van der Waals surface area contributed by atoms with Gasteiger partial charge < -0.3 is 5.84 Å². The molecular weight excluding hydrogens is 270 g/mol. The number of nitrogens with two attached hydrogens (primary N) is 1. The van der Waals surface area contributed by atoms with Gasteiger partial charge in [-0.2, -0.15) is 10.4 Å². The average Bonchev–Trinajstić information content (AvgIpc) is 2.88. The van der Waals surface area contributed by atoms with Gasteiger partial charge in [0, 0.05) is 4.91 Å². The number of hydrogen-bond acceptors (Lipinski definition) is 5. The second-order valence-electron chi connectivity index (χ2n) is 4.05. The zero-order valence-corrected chi connectivity index (χ0v) is 11.0. The van der Waals surface area contributed by atoms with E-state index < -0.39 is 0 Å². The minimum absolute atomic E-state index is 0.0983. The van der Waals surface area contributed by atoms with E-state index in [9.17, 15) is 0 Å². The summed E-state index contributed by atoms with van der Waals surface area (Å²) in [7, 11) is 0. The van der Waals surface area contributed by atoms with Crippen LogP contribution in [0.25, 0.3) is 10.4 Å². The Balaban J connectivity index is 2.29. The topological polar surface area (TPSA) is 141 Å². The van der Waals surface area contributed by atoms with Gasteiger partial charge >= 0.3 is 0 Å². The van der Waals surface area contributed by atoms with Crippen LogP contribution >= 0.6 is 0 Å². The molecular formula is C12H11N9. The highest BCUT2D eigenvalue weighted by molar-refractivity contribution is 5.40. The molecule has 0 bridgehead atoms. The molecule has 9 nitrogen and oxygen atoms in total. The minimum atomic E-state index is 0.0983. The summed E-state index contributed by atoms with van der Waals surface area (Å²) in [5.41, 5.74) is 11.1. The van der Waals surface area contributed by atoms with Crippen LogP contribution < -0.4 is 5.84 Å². The summed E-state index contributed by atoms with van der Waals surface area (Å²) >= 11 is 0. The Labute approximate surface area is 119 Å². The van der Waals surface area contributed by atoms with Crippen LogP contribution in [-0.2, 0) is 13.1 Å². The molecule has 2 aromatic rings. The molecule has 0 aliphatic heterocycles. The second kappa shape index (κ2) is 6.70. The fourth-order valence-electron chi connectivity index (χ4n) is 1.80. The highest BCUT2D eigenvalue weighted by atomic mass is 15.3. The van der Waals surface area contributed by atoms with Gasteiger partial charge in [0.15, 0.2) is 0 Å². The first-order valence-corrected chi connectivity index (χ1v) is 5.94. The minimum Gasteiger partial charge on any atom is -0.305 e. The molecule has 0 atom stereocenters. The third-order valence-electron chi connectivity index (χ3n) is 2.79. The van der Waals surface area contributed by atoms with Crippen molar-refractivity contribution in [2.24, 2.45) is 21.3 Å². The Bertz CT molecular complexity index is 729. The van der Waals surface area contributed by atoms with Crippen LogP contribution in [0.3, 0.4) is 0 Å². The van der Waals surface area contributed by atoms with Crippen molar-refractivity contribution < 1.29 is 0 Å². The van der Waals surface area contributed by atoms with Gasteiger partial charge in [0.2, 0.25) is 0 Å². The van der Waals surface area contributed by atoms with Crippen molar-refractivity contribution in [2.75, 3.05) is 0 Å². The van der Waals surface area contributed by atoms with Gasteiger partial charge in [0.25, 0.3) is 0 Å². The van der Waals surface area contributed by atoms with E-state index in [0.29, 0.717) is 23.5 Å². The van der Waals surface area contributed by atoms with E-state index in [1.54, 1.807) is 16.8 Å². The van der Waals surface area contributed by atoms with Crippen LogP contribution in [0, 0.1) is 11.3 Å².